The molecule has 2 heterocycles. The number of β-lactam (4-membered cyclic amide) rings is 1. The summed E-state index contributed by atoms with van der Waals surface area (Å²) in [7, 11) is 1.15. The number of thiazole rings is 1. The van der Waals surface area contributed by atoms with Crippen molar-refractivity contribution in [3.63, 3.8) is 0 Å². The number of oxime groups is 1. The number of anilines is 1. The van der Waals surface area contributed by atoms with E-state index in [1.807, 2.05) is 0 Å². The molecule has 0 saturated carbocycles. The molecular weight excluding hydrogens is 457 g/mol. The molecule has 164 valence electrons. The second kappa shape index (κ2) is 9.71. The Morgan fingerprint density at radius 1 is 1.40 bits per heavy atom. The van der Waals surface area contributed by atoms with Crippen molar-refractivity contribution < 1.29 is 37.2 Å². The van der Waals surface area contributed by atoms with Crippen molar-refractivity contribution in [3.05, 3.63) is 11.1 Å². The molecule has 0 spiro atoms. The number of hydrogen-bond acceptors (Lipinski definition) is 8. The first-order valence-corrected chi connectivity index (χ1v) is 9.37. The lowest BCUT2D eigenvalue weighted by Crippen LogP contribution is -2.72. The van der Waals surface area contributed by atoms with Gasteiger partial charge < -0.3 is 26.1 Å². The highest BCUT2D eigenvalue weighted by atomic mass is 35.5. The molecule has 2 rings (SSSR count). The summed E-state index contributed by atoms with van der Waals surface area (Å²) in [6.07, 6.45) is -5.08. The van der Waals surface area contributed by atoms with Crippen molar-refractivity contribution in [1.29, 1.82) is 0 Å². The van der Waals surface area contributed by atoms with E-state index in [0.29, 0.717) is 0 Å². The molecule has 1 aromatic rings. The van der Waals surface area contributed by atoms with Crippen LogP contribution in [0, 0.1) is 0 Å². The molecule has 1 aliphatic rings. The quantitative estimate of drug-likeness (QED) is 0.171. The molecule has 1 aromatic heterocycles. The van der Waals surface area contributed by atoms with Gasteiger partial charge in [0.1, 0.15) is 24.7 Å². The maximum absolute atomic E-state index is 12.5. The molecular formula is C14H14ClF3N6O5S. The van der Waals surface area contributed by atoms with Crippen molar-refractivity contribution >= 4 is 57.4 Å². The molecule has 1 aliphatic heterocycles. The van der Waals surface area contributed by atoms with Crippen molar-refractivity contribution in [1.82, 2.24) is 20.9 Å². The number of alkyl halides is 4. The highest BCUT2D eigenvalue weighted by Gasteiger charge is 2.44. The van der Waals surface area contributed by atoms with Crippen molar-refractivity contribution in [2.75, 3.05) is 24.9 Å². The van der Waals surface area contributed by atoms with Crippen LogP contribution in [0.5, 0.6) is 0 Å². The molecule has 1 fully saturated rings. The van der Waals surface area contributed by atoms with Gasteiger partial charge >= 0.3 is 12.1 Å². The first kappa shape index (κ1) is 23.3. The summed E-state index contributed by atoms with van der Waals surface area (Å²) in [4.78, 5) is 55.0. The lowest BCUT2D eigenvalue weighted by atomic mass is 9.98. The van der Waals surface area contributed by atoms with E-state index in [-0.39, 0.29) is 22.4 Å². The predicted molar refractivity (Wildman–Crippen MR) is 97.9 cm³/mol. The van der Waals surface area contributed by atoms with Gasteiger partial charge in [0.25, 0.3) is 5.91 Å². The number of nitrogens with zero attached hydrogens (tertiary/aromatic N) is 2. The van der Waals surface area contributed by atoms with Gasteiger partial charge in [-0.2, -0.15) is 13.2 Å². The van der Waals surface area contributed by atoms with Gasteiger partial charge in [-0.15, -0.1) is 22.9 Å². The van der Waals surface area contributed by atoms with Gasteiger partial charge in [0.2, 0.25) is 11.8 Å². The summed E-state index contributed by atoms with van der Waals surface area (Å²) >= 11 is 6.35. The number of aromatic nitrogens is 1. The van der Waals surface area contributed by atoms with Gasteiger partial charge in [-0.1, -0.05) is 5.16 Å². The number of carbonyl (C=O) groups is 4. The van der Waals surface area contributed by atoms with Crippen molar-refractivity contribution in [2.45, 2.75) is 18.3 Å². The standard InChI is InChI=1S/C14H14ClF3N6O5S/c1-29-24-9(6-4-30-13(21-6)22-7(25)2-15)11(27)23-8-5(20-10(8)26)3-19-12(28)14(16,17)18/h4-5,8H,2-3H2,1H3,(H,19,28)(H,20,26)(H,23,27)(H,21,22,25). The third-order valence-corrected chi connectivity index (χ3v) is 4.55. The highest BCUT2D eigenvalue weighted by Crippen LogP contribution is 2.17. The van der Waals surface area contributed by atoms with E-state index >= 15 is 0 Å². The van der Waals surface area contributed by atoms with E-state index in [1.54, 1.807) is 5.32 Å². The zero-order valence-corrected chi connectivity index (χ0v) is 16.6. The summed E-state index contributed by atoms with van der Waals surface area (Å²) in [5, 5.41) is 13.6. The first-order chi connectivity index (χ1) is 14.1. The average Bonchev–Trinajstić information content (AvgIpc) is 3.13. The summed E-state index contributed by atoms with van der Waals surface area (Å²) in [5.41, 5.74) is -0.344. The van der Waals surface area contributed by atoms with Gasteiger partial charge in [0.15, 0.2) is 10.8 Å². The molecule has 0 aliphatic carbocycles. The number of nitrogens with one attached hydrogen (secondary N) is 4. The Morgan fingerprint density at radius 3 is 2.67 bits per heavy atom. The van der Waals surface area contributed by atoms with Crippen LogP contribution in [-0.2, 0) is 24.0 Å². The Bertz CT molecular complexity index is 876. The predicted octanol–water partition coefficient (Wildman–Crippen LogP) is -0.667. The third kappa shape index (κ3) is 5.79. The van der Waals surface area contributed by atoms with E-state index in [2.05, 4.69) is 30.9 Å². The molecule has 0 aromatic carbocycles. The maximum atomic E-state index is 12.5. The summed E-state index contributed by atoms with van der Waals surface area (Å²) in [6.45, 7) is -0.558. The van der Waals surface area contributed by atoms with E-state index in [4.69, 9.17) is 11.6 Å². The molecule has 0 bridgehead atoms. The molecule has 4 N–H and O–H groups in total. The SMILES string of the molecule is CON=C(C(=O)NC1C(=O)NC1CNC(=O)C(F)(F)F)c1csc(NC(=O)CCl)n1. The summed E-state index contributed by atoms with van der Waals surface area (Å²) in [5.74, 6) is -4.59. The van der Waals surface area contributed by atoms with Gasteiger partial charge in [-0.05, 0) is 0 Å². The fourth-order valence-corrected chi connectivity index (χ4v) is 2.96. The highest BCUT2D eigenvalue weighted by molar-refractivity contribution is 7.14. The number of amides is 4. The smallest absolute Gasteiger partial charge is 0.398 e. The van der Waals surface area contributed by atoms with Gasteiger partial charge in [0, 0.05) is 11.9 Å². The number of halogens is 4. The van der Waals surface area contributed by atoms with Gasteiger partial charge in [-0.3, -0.25) is 19.2 Å². The monoisotopic (exact) mass is 470 g/mol. The van der Waals surface area contributed by atoms with Crippen LogP contribution >= 0.6 is 22.9 Å². The normalized spacial score (nSPS) is 18.7. The lowest BCUT2D eigenvalue weighted by Gasteiger charge is -2.37. The topological polar surface area (TPSA) is 151 Å². The Kier molecular flexibility index (Phi) is 7.55. The third-order valence-electron chi connectivity index (χ3n) is 3.55. The molecule has 4 amide bonds. The molecule has 0 radical (unpaired) electrons. The lowest BCUT2D eigenvalue weighted by molar-refractivity contribution is -0.173. The van der Waals surface area contributed by atoms with E-state index in [0.717, 1.165) is 18.4 Å². The van der Waals surface area contributed by atoms with Crippen molar-refractivity contribution in [2.24, 2.45) is 5.16 Å². The average molecular weight is 471 g/mol. The maximum Gasteiger partial charge on any atom is 0.471 e. The summed E-state index contributed by atoms with van der Waals surface area (Å²) < 4.78 is 36.7. The molecule has 1 saturated heterocycles. The van der Waals surface area contributed by atoms with Crippen molar-refractivity contribution in [3.8, 4) is 0 Å². The van der Waals surface area contributed by atoms with Crippen LogP contribution < -0.4 is 21.3 Å². The Balaban J connectivity index is 2.04. The minimum atomic E-state index is -5.08. The number of carbonyl (C=O) groups excluding carboxylic acids is 4. The van der Waals surface area contributed by atoms with Crippen LogP contribution in [0.1, 0.15) is 5.69 Å². The fourth-order valence-electron chi connectivity index (χ4n) is 2.18. The number of hydrogen-bond donors (Lipinski definition) is 4. The Labute approximate surface area is 175 Å². The zero-order chi connectivity index (χ0) is 22.5. The molecule has 30 heavy (non-hydrogen) atoms. The van der Waals surface area contributed by atoms with Crippen LogP contribution in [0.4, 0.5) is 18.3 Å². The minimum Gasteiger partial charge on any atom is -0.398 e. The second-order valence-electron chi connectivity index (χ2n) is 5.62. The zero-order valence-electron chi connectivity index (χ0n) is 15.0. The Hall–Kier alpha value is -2.94. The van der Waals surface area contributed by atoms with Gasteiger partial charge in [0.05, 0.1) is 6.04 Å². The largest absolute Gasteiger partial charge is 0.471 e. The Morgan fingerprint density at radius 2 is 2.10 bits per heavy atom. The number of rotatable bonds is 8. The van der Waals surface area contributed by atoms with Crippen LogP contribution in [0.3, 0.4) is 0 Å². The van der Waals surface area contributed by atoms with Crippen LogP contribution in [0.25, 0.3) is 0 Å². The van der Waals surface area contributed by atoms with Gasteiger partial charge in [-0.25, -0.2) is 4.98 Å². The fraction of sp³-hybridized carbons (Fsp3) is 0.429. The first-order valence-electron chi connectivity index (χ1n) is 7.96. The minimum absolute atomic E-state index is 0.00544. The van der Waals surface area contributed by atoms with E-state index in [1.165, 1.54) is 5.38 Å². The molecule has 11 nitrogen and oxygen atoms in total. The second-order valence-corrected chi connectivity index (χ2v) is 6.74. The van der Waals surface area contributed by atoms with Crippen LogP contribution in [-0.4, -0.2) is 72.1 Å². The molecule has 16 heteroatoms. The van der Waals surface area contributed by atoms with E-state index in [9.17, 15) is 32.3 Å². The molecule has 2 atom stereocenters. The van der Waals surface area contributed by atoms with E-state index < -0.39 is 48.4 Å². The van der Waals surface area contributed by atoms with Crippen LogP contribution in [0.2, 0.25) is 0 Å². The van der Waals surface area contributed by atoms with Crippen LogP contribution in [0.15, 0.2) is 10.5 Å². The summed E-state index contributed by atoms with van der Waals surface area (Å²) in [6, 6.07) is -2.19. The molecule has 2 unspecified atom stereocenters.